The molecule has 0 spiro atoms. The lowest BCUT2D eigenvalue weighted by Crippen LogP contribution is -2.73. The number of ether oxygens (including phenoxy) is 1. The van der Waals surface area contributed by atoms with E-state index in [1.807, 2.05) is 0 Å². The Kier molecular flexibility index (Phi) is 5.85. The molecule has 5 nitrogen and oxygen atoms in total. The van der Waals surface area contributed by atoms with Crippen molar-refractivity contribution in [1.29, 1.82) is 0 Å². The van der Waals surface area contributed by atoms with Gasteiger partial charge in [0.25, 0.3) is 0 Å². The summed E-state index contributed by atoms with van der Waals surface area (Å²) in [7, 11) is 0. The second-order valence-corrected chi connectivity index (χ2v) is 13.1. The molecule has 0 unspecified atom stereocenters. The maximum atomic E-state index is 14.2. The molecule has 1 saturated heterocycles. The predicted octanol–water partition coefficient (Wildman–Crippen LogP) is 6.15. The standard InChI is InChI=1S/C25H29BrCl2O5/c1-12-6-7-17(26)22(2,3)15(12)10-25-20(31)14-8-13(29)9-16(30)19(14)21(32)24(25,28)11-18(27)23(4,5)33-25/h8-9,15,17-18,29-30H,1,6-7,10-11H2,2-5H3/t15-,17-,18-,24+,25+/m1/s1. The van der Waals surface area contributed by atoms with Gasteiger partial charge in [0.15, 0.2) is 17.2 Å². The Morgan fingerprint density at radius 1 is 1.18 bits per heavy atom. The van der Waals surface area contributed by atoms with Crippen LogP contribution >= 0.6 is 39.1 Å². The van der Waals surface area contributed by atoms with Crippen molar-refractivity contribution in [2.75, 3.05) is 0 Å². The second-order valence-electron chi connectivity index (χ2n) is 10.8. The first kappa shape index (κ1) is 25.0. The van der Waals surface area contributed by atoms with Crippen LogP contribution in [0.15, 0.2) is 24.3 Å². The van der Waals surface area contributed by atoms with Crippen LogP contribution in [0.4, 0.5) is 0 Å². The van der Waals surface area contributed by atoms with Crippen molar-refractivity contribution in [2.45, 2.75) is 79.7 Å². The average molecular weight is 560 g/mol. The fraction of sp³-hybridized carbons (Fsp3) is 0.600. The van der Waals surface area contributed by atoms with Crippen LogP contribution in [0.5, 0.6) is 11.5 Å². The van der Waals surface area contributed by atoms with E-state index < -0.39 is 38.8 Å². The third kappa shape index (κ3) is 3.42. The molecular formula is C25H29BrCl2O5. The van der Waals surface area contributed by atoms with E-state index in [4.69, 9.17) is 27.9 Å². The number of hydrogen-bond acceptors (Lipinski definition) is 5. The fourth-order valence-corrected chi connectivity index (χ4v) is 7.15. The summed E-state index contributed by atoms with van der Waals surface area (Å²) in [5.74, 6) is -2.14. The highest BCUT2D eigenvalue weighted by Crippen LogP contribution is 2.60. The lowest BCUT2D eigenvalue weighted by Gasteiger charge is -2.59. The highest BCUT2D eigenvalue weighted by atomic mass is 79.9. The molecular weight excluding hydrogens is 531 g/mol. The minimum Gasteiger partial charge on any atom is -0.508 e. The molecule has 1 heterocycles. The summed E-state index contributed by atoms with van der Waals surface area (Å²) >= 11 is 17.6. The van der Waals surface area contributed by atoms with E-state index in [0.717, 1.165) is 24.5 Å². The third-order valence-electron chi connectivity index (χ3n) is 8.00. The van der Waals surface area contributed by atoms with E-state index in [9.17, 15) is 19.8 Å². The van der Waals surface area contributed by atoms with Crippen LogP contribution in [0.1, 0.15) is 74.1 Å². The molecule has 8 heteroatoms. The second kappa shape index (κ2) is 7.71. The Morgan fingerprint density at radius 2 is 1.82 bits per heavy atom. The zero-order valence-electron chi connectivity index (χ0n) is 19.2. The summed E-state index contributed by atoms with van der Waals surface area (Å²) in [6, 6.07) is 2.23. The Balaban J connectivity index is 1.97. The molecule has 2 fully saturated rings. The lowest BCUT2D eigenvalue weighted by molar-refractivity contribution is -0.169. The van der Waals surface area contributed by atoms with Crippen molar-refractivity contribution >= 4 is 50.7 Å². The van der Waals surface area contributed by atoms with Crippen molar-refractivity contribution in [3.63, 3.8) is 0 Å². The van der Waals surface area contributed by atoms with Gasteiger partial charge in [0.1, 0.15) is 16.4 Å². The minimum absolute atomic E-state index is 0.00912. The molecule has 0 bridgehead atoms. The number of phenolic OH excluding ortho intramolecular Hbond substituents is 2. The molecule has 4 rings (SSSR count). The Bertz CT molecular complexity index is 1070. The number of hydrogen-bond donors (Lipinski definition) is 2. The van der Waals surface area contributed by atoms with Gasteiger partial charge in [0.2, 0.25) is 0 Å². The molecule has 0 radical (unpaired) electrons. The molecule has 1 aromatic carbocycles. The number of ketones is 2. The van der Waals surface area contributed by atoms with E-state index in [0.29, 0.717) is 0 Å². The van der Waals surface area contributed by atoms with E-state index in [-0.39, 0.29) is 45.9 Å². The smallest absolute Gasteiger partial charge is 0.198 e. The number of fused-ring (bicyclic) bond motifs is 2. The monoisotopic (exact) mass is 558 g/mol. The summed E-state index contributed by atoms with van der Waals surface area (Å²) in [6.07, 6.45) is 1.81. The molecule has 3 aliphatic rings. The number of alkyl halides is 3. The van der Waals surface area contributed by atoms with E-state index in [1.54, 1.807) is 13.8 Å². The Morgan fingerprint density at radius 3 is 2.45 bits per heavy atom. The van der Waals surface area contributed by atoms with E-state index in [2.05, 4.69) is 36.4 Å². The van der Waals surface area contributed by atoms with Crippen molar-refractivity contribution in [2.24, 2.45) is 11.3 Å². The molecule has 5 atom stereocenters. The third-order valence-corrected chi connectivity index (χ3v) is 11.0. The number of phenols is 2. The van der Waals surface area contributed by atoms with Crippen molar-refractivity contribution in [3.8, 4) is 11.5 Å². The van der Waals surface area contributed by atoms with Gasteiger partial charge in [-0.15, -0.1) is 23.2 Å². The summed E-state index contributed by atoms with van der Waals surface area (Å²) < 4.78 is 6.53. The summed E-state index contributed by atoms with van der Waals surface area (Å²) in [5.41, 5.74) is -2.31. The number of allylic oxidation sites excluding steroid dienone is 1. The van der Waals surface area contributed by atoms with Crippen molar-refractivity contribution in [1.82, 2.24) is 0 Å². The van der Waals surface area contributed by atoms with Gasteiger partial charge in [0.05, 0.1) is 16.5 Å². The quantitative estimate of drug-likeness (QED) is 0.335. The van der Waals surface area contributed by atoms with Gasteiger partial charge in [-0.2, -0.15) is 0 Å². The SMILES string of the molecule is C=C1CC[C@@H](Br)C(C)(C)[C@@H]1C[C@@]12OC(C)(C)[C@H](Cl)C[C@]1(Cl)C(=O)c1c(O)cc(O)cc1C2=O. The highest BCUT2D eigenvalue weighted by Gasteiger charge is 2.71. The summed E-state index contributed by atoms with van der Waals surface area (Å²) in [4.78, 5) is 26.5. The van der Waals surface area contributed by atoms with Crippen LogP contribution in [0.25, 0.3) is 0 Å². The summed E-state index contributed by atoms with van der Waals surface area (Å²) in [5, 5.41) is 19.9. The Hall–Kier alpha value is -1.08. The first-order chi connectivity index (χ1) is 15.1. The maximum absolute atomic E-state index is 14.2. The van der Waals surface area contributed by atoms with Crippen molar-refractivity contribution < 1.29 is 24.5 Å². The molecule has 0 aromatic heterocycles. The number of rotatable bonds is 2. The molecule has 33 heavy (non-hydrogen) atoms. The average Bonchev–Trinajstić information content (AvgIpc) is 2.69. The molecule has 2 aliphatic carbocycles. The number of Topliss-reactive ketones (excluding diaryl/α,β-unsaturated/α-hetero) is 2. The Labute approximate surface area is 212 Å². The number of carbonyl (C=O) groups excluding carboxylic acids is 2. The van der Waals surface area contributed by atoms with Gasteiger partial charge in [-0.1, -0.05) is 41.9 Å². The summed E-state index contributed by atoms with van der Waals surface area (Å²) in [6.45, 7) is 12.1. The van der Waals surface area contributed by atoms with Crippen LogP contribution in [-0.4, -0.2) is 48.1 Å². The van der Waals surface area contributed by atoms with Crippen LogP contribution in [0, 0.1) is 11.3 Å². The number of halogens is 3. The van der Waals surface area contributed by atoms with E-state index in [1.165, 1.54) is 6.07 Å². The largest absolute Gasteiger partial charge is 0.508 e. The normalized spacial score (nSPS) is 37.4. The maximum Gasteiger partial charge on any atom is 0.198 e. The number of aromatic hydroxyl groups is 2. The molecule has 180 valence electrons. The zero-order chi connectivity index (χ0) is 24.7. The van der Waals surface area contributed by atoms with Gasteiger partial charge in [0, 0.05) is 16.5 Å². The van der Waals surface area contributed by atoms with Crippen LogP contribution < -0.4 is 0 Å². The number of benzene rings is 1. The van der Waals surface area contributed by atoms with Gasteiger partial charge in [-0.3, -0.25) is 9.59 Å². The van der Waals surface area contributed by atoms with Gasteiger partial charge in [-0.25, -0.2) is 0 Å². The minimum atomic E-state index is -1.82. The van der Waals surface area contributed by atoms with Crippen molar-refractivity contribution in [3.05, 3.63) is 35.4 Å². The molecule has 0 amide bonds. The molecule has 1 aromatic rings. The van der Waals surface area contributed by atoms with Crippen LogP contribution in [0.2, 0.25) is 0 Å². The van der Waals surface area contributed by atoms with Gasteiger partial charge < -0.3 is 14.9 Å². The number of carbonyl (C=O) groups is 2. The van der Waals surface area contributed by atoms with E-state index >= 15 is 0 Å². The first-order valence-corrected chi connectivity index (χ1v) is 12.8. The predicted molar refractivity (Wildman–Crippen MR) is 132 cm³/mol. The molecule has 1 aliphatic heterocycles. The fourth-order valence-electron chi connectivity index (χ4n) is 5.79. The zero-order valence-corrected chi connectivity index (χ0v) is 22.3. The highest BCUT2D eigenvalue weighted by molar-refractivity contribution is 9.09. The van der Waals surface area contributed by atoms with Crippen LogP contribution in [-0.2, 0) is 4.74 Å². The topological polar surface area (TPSA) is 83.8 Å². The van der Waals surface area contributed by atoms with Gasteiger partial charge >= 0.3 is 0 Å². The lowest BCUT2D eigenvalue weighted by atomic mass is 9.57. The molecule has 2 N–H and O–H groups in total. The first-order valence-electron chi connectivity index (χ1n) is 11.1. The van der Waals surface area contributed by atoms with Crippen LogP contribution in [0.3, 0.4) is 0 Å². The molecule has 1 saturated carbocycles. The van der Waals surface area contributed by atoms with Gasteiger partial charge in [-0.05, 0) is 56.9 Å².